The number of likely N-dealkylation sites (N-methyl/N-ethyl adjacent to an activating group) is 1. The lowest BCUT2D eigenvalue weighted by Crippen LogP contribution is -2.59. The molecule has 5 atom stereocenters. The number of hydrogen-bond donors (Lipinski definition) is 4. The van der Waals surface area contributed by atoms with Gasteiger partial charge in [0.05, 0.1) is 19.0 Å². The first-order valence-electron chi connectivity index (χ1n) is 18.0. The van der Waals surface area contributed by atoms with Gasteiger partial charge in [0.15, 0.2) is 11.5 Å². The third-order valence-corrected chi connectivity index (χ3v) is 9.62. The van der Waals surface area contributed by atoms with E-state index in [4.69, 9.17) is 9.47 Å². The van der Waals surface area contributed by atoms with Gasteiger partial charge in [-0.1, -0.05) is 80.6 Å². The topological polar surface area (TPSA) is 175 Å². The zero-order valence-electron chi connectivity index (χ0n) is 31.2. The van der Waals surface area contributed by atoms with Crippen LogP contribution in [-0.4, -0.2) is 96.3 Å². The number of hydrogen-bond acceptors (Lipinski definition) is 8. The van der Waals surface area contributed by atoms with Crippen LogP contribution in [0.15, 0.2) is 78.9 Å². The monoisotopic (exact) mass is 740 g/mol. The van der Waals surface area contributed by atoms with Crippen LogP contribution in [0.3, 0.4) is 0 Å². The van der Waals surface area contributed by atoms with Crippen LogP contribution in [0.25, 0.3) is 0 Å². The molecule has 0 aromatic heterocycles. The Balaban J connectivity index is 1.52. The van der Waals surface area contributed by atoms with E-state index in [1.165, 1.54) is 30.7 Å². The fourth-order valence-corrected chi connectivity index (χ4v) is 6.28. The Morgan fingerprint density at radius 3 is 2.13 bits per heavy atom. The molecule has 2 aliphatic heterocycles. The highest BCUT2D eigenvalue weighted by Crippen LogP contribution is 2.32. The second-order valence-corrected chi connectivity index (χ2v) is 14.0. The minimum absolute atomic E-state index is 0.0655. The lowest BCUT2D eigenvalue weighted by molar-refractivity contribution is -0.143. The first-order chi connectivity index (χ1) is 25.8. The highest BCUT2D eigenvalue weighted by molar-refractivity contribution is 5.96. The Hall–Kier alpha value is -5.92. The Morgan fingerprint density at radius 1 is 0.778 bits per heavy atom. The van der Waals surface area contributed by atoms with E-state index < -0.39 is 72.2 Å². The zero-order valence-corrected chi connectivity index (χ0v) is 31.2. The predicted octanol–water partition coefficient (Wildman–Crippen LogP) is 1.88. The first-order valence-corrected chi connectivity index (χ1v) is 18.0. The Morgan fingerprint density at radius 2 is 1.44 bits per heavy atom. The minimum atomic E-state index is -1.11. The maximum atomic E-state index is 14.2. The quantitative estimate of drug-likeness (QED) is 0.296. The van der Waals surface area contributed by atoms with Gasteiger partial charge in [0.2, 0.25) is 42.2 Å². The standard InChI is InChI=1S/C40H48N6O8/c1-24(2)36-39(51)41-25(3)37(49)43-31(29-14-10-7-11-15-29)21-46(35(48)20-28-16-17-32-33(19-28)54-23-53-32)22-34(47)42-30(18-27-12-8-6-9-13-27)40(52)45(5)26(4)38(50)44-36/h6-17,19,24-26,30-31,36H,18,20-23H2,1-5H3,(H,41,51)(H,42,47)(H,43,49)(H,44,50)/t25-,26-,30-,31-,36+/m0/s1. The Labute approximate surface area is 314 Å². The molecule has 14 nitrogen and oxygen atoms in total. The molecule has 0 saturated carbocycles. The molecule has 0 aliphatic carbocycles. The maximum absolute atomic E-state index is 14.2. The number of nitrogens with zero attached hydrogens (tertiary/aromatic N) is 2. The van der Waals surface area contributed by atoms with Crippen molar-refractivity contribution in [3.63, 3.8) is 0 Å². The minimum Gasteiger partial charge on any atom is -0.454 e. The van der Waals surface area contributed by atoms with Crippen LogP contribution in [0, 0.1) is 5.92 Å². The molecule has 14 heteroatoms. The summed E-state index contributed by atoms with van der Waals surface area (Å²) in [4.78, 5) is 85.5. The van der Waals surface area contributed by atoms with Crippen LogP contribution in [0.1, 0.15) is 50.4 Å². The third kappa shape index (κ3) is 9.94. The molecule has 0 unspecified atom stereocenters. The van der Waals surface area contributed by atoms with E-state index >= 15 is 0 Å². The second kappa shape index (κ2) is 17.7. The van der Waals surface area contributed by atoms with Gasteiger partial charge >= 0.3 is 0 Å². The van der Waals surface area contributed by atoms with Gasteiger partial charge in [0.25, 0.3) is 0 Å². The lowest BCUT2D eigenvalue weighted by atomic mass is 10.0. The first kappa shape index (κ1) is 39.3. The summed E-state index contributed by atoms with van der Waals surface area (Å²) in [6, 6.07) is 18.2. The van der Waals surface area contributed by atoms with E-state index in [0.29, 0.717) is 22.6 Å². The fraction of sp³-hybridized carbons (Fsp3) is 0.400. The van der Waals surface area contributed by atoms with E-state index in [-0.39, 0.29) is 32.1 Å². The molecule has 5 rings (SSSR count). The van der Waals surface area contributed by atoms with Crippen molar-refractivity contribution < 1.29 is 38.2 Å². The number of carbonyl (C=O) groups is 6. The molecule has 2 aliphatic rings. The molecular formula is C40H48N6O8. The average molecular weight is 741 g/mol. The van der Waals surface area contributed by atoms with Gasteiger partial charge in [-0.25, -0.2) is 0 Å². The number of benzene rings is 3. The van der Waals surface area contributed by atoms with Gasteiger partial charge in [-0.05, 0) is 48.6 Å². The molecule has 3 aromatic rings. The number of amides is 6. The van der Waals surface area contributed by atoms with Gasteiger partial charge in [-0.3, -0.25) is 28.8 Å². The van der Waals surface area contributed by atoms with E-state index in [2.05, 4.69) is 21.3 Å². The van der Waals surface area contributed by atoms with Crippen molar-refractivity contribution in [2.24, 2.45) is 5.92 Å². The number of fused-ring (bicyclic) bond motifs is 1. The molecule has 0 radical (unpaired) electrons. The van der Waals surface area contributed by atoms with Crippen LogP contribution < -0.4 is 30.7 Å². The van der Waals surface area contributed by atoms with Crippen molar-refractivity contribution in [1.29, 1.82) is 0 Å². The summed E-state index contributed by atoms with van der Waals surface area (Å²) in [6.07, 6.45) is -0.00296. The molecule has 2 heterocycles. The number of nitrogens with one attached hydrogen (secondary N) is 4. The number of rotatable bonds is 6. The molecular weight excluding hydrogens is 692 g/mol. The molecule has 4 N–H and O–H groups in total. The largest absolute Gasteiger partial charge is 0.454 e. The van der Waals surface area contributed by atoms with E-state index in [9.17, 15) is 28.8 Å². The van der Waals surface area contributed by atoms with Crippen LogP contribution in [0.2, 0.25) is 0 Å². The van der Waals surface area contributed by atoms with Crippen molar-refractivity contribution in [3.05, 3.63) is 95.6 Å². The smallest absolute Gasteiger partial charge is 0.245 e. The van der Waals surface area contributed by atoms with Crippen LogP contribution >= 0.6 is 0 Å². The summed E-state index contributed by atoms with van der Waals surface area (Å²) >= 11 is 0. The molecule has 286 valence electrons. The molecule has 54 heavy (non-hydrogen) atoms. The molecule has 0 spiro atoms. The van der Waals surface area contributed by atoms with Crippen molar-refractivity contribution in [1.82, 2.24) is 31.1 Å². The second-order valence-electron chi connectivity index (χ2n) is 14.0. The van der Waals surface area contributed by atoms with Gasteiger partial charge in [-0.15, -0.1) is 0 Å². The number of ether oxygens (including phenoxy) is 2. The summed E-state index contributed by atoms with van der Waals surface area (Å²) in [7, 11) is 1.46. The highest BCUT2D eigenvalue weighted by atomic mass is 16.7. The van der Waals surface area contributed by atoms with Crippen molar-refractivity contribution in [2.75, 3.05) is 26.9 Å². The SMILES string of the molecule is CC(C)[C@H]1NC(=O)[C@H](C)N(C)C(=O)[C@H](Cc2ccccc2)NC(=O)CN(C(=O)Cc2ccc3c(c2)OCO3)C[C@@H](c2ccccc2)NC(=O)[C@H](C)NC1=O. The van der Waals surface area contributed by atoms with Gasteiger partial charge in [0.1, 0.15) is 24.2 Å². The predicted molar refractivity (Wildman–Crippen MR) is 199 cm³/mol. The normalized spacial score (nSPS) is 23.1. The average Bonchev–Trinajstić information content (AvgIpc) is 3.63. The van der Waals surface area contributed by atoms with Gasteiger partial charge in [0, 0.05) is 20.0 Å². The number of carbonyl (C=O) groups excluding carboxylic acids is 6. The van der Waals surface area contributed by atoms with Crippen LogP contribution in [-0.2, 0) is 41.6 Å². The van der Waals surface area contributed by atoms with E-state index in [1.54, 1.807) is 56.3 Å². The Bertz CT molecular complexity index is 1840. The third-order valence-electron chi connectivity index (χ3n) is 9.62. The van der Waals surface area contributed by atoms with Crippen molar-refractivity contribution in [3.8, 4) is 11.5 Å². The summed E-state index contributed by atoms with van der Waals surface area (Å²) in [6.45, 7) is 6.05. The summed E-state index contributed by atoms with van der Waals surface area (Å²) in [5, 5.41) is 11.2. The Kier molecular flexibility index (Phi) is 12.9. The van der Waals surface area contributed by atoms with Crippen molar-refractivity contribution in [2.45, 2.75) is 70.7 Å². The lowest BCUT2D eigenvalue weighted by Gasteiger charge is -2.33. The summed E-state index contributed by atoms with van der Waals surface area (Å²) < 4.78 is 10.9. The fourth-order valence-electron chi connectivity index (χ4n) is 6.28. The molecule has 6 amide bonds. The summed E-state index contributed by atoms with van der Waals surface area (Å²) in [5.74, 6) is -2.60. The van der Waals surface area contributed by atoms with Crippen LogP contribution in [0.4, 0.5) is 0 Å². The van der Waals surface area contributed by atoms with Crippen molar-refractivity contribution >= 4 is 35.4 Å². The van der Waals surface area contributed by atoms with Gasteiger partial charge < -0.3 is 40.5 Å². The molecule has 3 aromatic carbocycles. The highest BCUT2D eigenvalue weighted by Gasteiger charge is 2.35. The summed E-state index contributed by atoms with van der Waals surface area (Å²) in [5.41, 5.74) is 2.03. The molecule has 1 fully saturated rings. The van der Waals surface area contributed by atoms with Crippen LogP contribution in [0.5, 0.6) is 11.5 Å². The zero-order chi connectivity index (χ0) is 38.9. The van der Waals surface area contributed by atoms with Gasteiger partial charge in [-0.2, -0.15) is 0 Å². The maximum Gasteiger partial charge on any atom is 0.245 e. The van der Waals surface area contributed by atoms with E-state index in [0.717, 1.165) is 5.56 Å². The molecule has 1 saturated heterocycles. The van der Waals surface area contributed by atoms with E-state index in [1.807, 2.05) is 36.4 Å². The molecule has 0 bridgehead atoms.